The Morgan fingerprint density at radius 1 is 1.23 bits per heavy atom. The summed E-state index contributed by atoms with van der Waals surface area (Å²) >= 11 is 1.10. The van der Waals surface area contributed by atoms with E-state index in [1.54, 1.807) is 12.1 Å². The minimum Gasteiger partial charge on any atom is -0.381 e. The smallest absolute Gasteiger partial charge is 0.262 e. The second kappa shape index (κ2) is 9.67. The number of carbonyl (C=O) groups is 2. The molecule has 162 valence electrons. The van der Waals surface area contributed by atoms with Crippen molar-refractivity contribution in [1.29, 1.82) is 0 Å². The van der Waals surface area contributed by atoms with Gasteiger partial charge in [0.2, 0.25) is 5.91 Å². The first-order valence-electron chi connectivity index (χ1n) is 9.64. The van der Waals surface area contributed by atoms with Gasteiger partial charge in [0, 0.05) is 26.5 Å². The van der Waals surface area contributed by atoms with E-state index in [0.717, 1.165) is 36.0 Å². The van der Waals surface area contributed by atoms with Crippen LogP contribution in [-0.4, -0.2) is 51.7 Å². The molecule has 0 aliphatic carbocycles. The third-order valence-corrected chi connectivity index (χ3v) is 7.16. The van der Waals surface area contributed by atoms with Gasteiger partial charge in [-0.3, -0.25) is 9.59 Å². The fraction of sp³-hybridized carbons (Fsp3) is 0.450. The fourth-order valence-electron chi connectivity index (χ4n) is 3.41. The van der Waals surface area contributed by atoms with E-state index in [0.29, 0.717) is 35.6 Å². The zero-order valence-electron chi connectivity index (χ0n) is 16.9. The van der Waals surface area contributed by atoms with E-state index < -0.39 is 15.8 Å². The van der Waals surface area contributed by atoms with Crippen molar-refractivity contribution in [2.45, 2.75) is 30.1 Å². The summed E-state index contributed by atoms with van der Waals surface area (Å²) in [7, 11) is -1.78. The molecule has 0 spiro atoms. The molecule has 2 aromatic rings. The van der Waals surface area contributed by atoms with E-state index >= 15 is 0 Å². The van der Waals surface area contributed by atoms with Gasteiger partial charge in [-0.05, 0) is 42.9 Å². The Morgan fingerprint density at radius 2 is 1.90 bits per heavy atom. The standard InChI is InChI=1S/C20H25N3O5S2/c1-21-19(25)17-12-22-20(29-17)23-18(24)16(11-13-7-9-28-10-8-13)14-3-5-15(6-4-14)30(2,26)27/h3-6,12-13,16H,7-11H2,1-2H3,(H,21,25)(H,22,23,24). The third-order valence-electron chi connectivity index (χ3n) is 5.12. The van der Waals surface area contributed by atoms with E-state index in [4.69, 9.17) is 4.74 Å². The van der Waals surface area contributed by atoms with Crippen molar-refractivity contribution < 1.29 is 22.7 Å². The van der Waals surface area contributed by atoms with Crippen molar-refractivity contribution >= 4 is 38.1 Å². The topological polar surface area (TPSA) is 114 Å². The maximum Gasteiger partial charge on any atom is 0.262 e. The van der Waals surface area contributed by atoms with Crippen LogP contribution in [0.15, 0.2) is 35.4 Å². The van der Waals surface area contributed by atoms with Crippen molar-refractivity contribution in [2.24, 2.45) is 5.92 Å². The summed E-state index contributed by atoms with van der Waals surface area (Å²) in [5.41, 5.74) is 0.745. The molecule has 0 bridgehead atoms. The van der Waals surface area contributed by atoms with Crippen LogP contribution in [-0.2, 0) is 19.4 Å². The number of hydrogen-bond donors (Lipinski definition) is 2. The summed E-state index contributed by atoms with van der Waals surface area (Å²) in [6.45, 7) is 1.35. The van der Waals surface area contributed by atoms with Gasteiger partial charge in [-0.1, -0.05) is 23.5 Å². The van der Waals surface area contributed by atoms with E-state index in [1.807, 2.05) is 0 Å². The molecule has 10 heteroatoms. The molecule has 2 heterocycles. The van der Waals surface area contributed by atoms with Crippen molar-refractivity contribution in [3.8, 4) is 0 Å². The SMILES string of the molecule is CNC(=O)c1cnc(NC(=O)C(CC2CCOCC2)c2ccc(S(C)(=O)=O)cc2)s1. The van der Waals surface area contributed by atoms with Crippen LogP contribution in [0.1, 0.15) is 40.4 Å². The molecule has 1 aliphatic rings. The van der Waals surface area contributed by atoms with Crippen molar-refractivity contribution in [2.75, 3.05) is 31.8 Å². The third kappa shape index (κ3) is 5.65. The lowest BCUT2D eigenvalue weighted by atomic mass is 9.84. The highest BCUT2D eigenvalue weighted by molar-refractivity contribution is 7.90. The molecule has 3 rings (SSSR count). The average molecular weight is 452 g/mol. The molecule has 1 aromatic heterocycles. The Bertz CT molecular complexity index is 996. The van der Waals surface area contributed by atoms with E-state index in [-0.39, 0.29) is 16.7 Å². The number of nitrogens with zero attached hydrogens (tertiary/aromatic N) is 1. The Morgan fingerprint density at radius 3 is 2.50 bits per heavy atom. The van der Waals surface area contributed by atoms with Crippen molar-refractivity contribution in [3.63, 3.8) is 0 Å². The molecule has 0 radical (unpaired) electrons. The van der Waals surface area contributed by atoms with Crippen LogP contribution in [0.3, 0.4) is 0 Å². The van der Waals surface area contributed by atoms with Gasteiger partial charge in [0.15, 0.2) is 15.0 Å². The molecule has 1 aromatic carbocycles. The molecule has 1 unspecified atom stereocenters. The number of ether oxygens (including phenoxy) is 1. The van der Waals surface area contributed by atoms with Crippen LogP contribution < -0.4 is 10.6 Å². The number of thiazole rings is 1. The van der Waals surface area contributed by atoms with Gasteiger partial charge in [-0.15, -0.1) is 0 Å². The maximum atomic E-state index is 13.1. The average Bonchev–Trinajstić information content (AvgIpc) is 3.20. The Hall–Kier alpha value is -2.30. The van der Waals surface area contributed by atoms with E-state index in [2.05, 4.69) is 15.6 Å². The number of hydrogen-bond acceptors (Lipinski definition) is 7. The summed E-state index contributed by atoms with van der Waals surface area (Å²) in [5, 5.41) is 5.69. The van der Waals surface area contributed by atoms with E-state index in [1.165, 1.54) is 25.4 Å². The number of rotatable bonds is 7. The fourth-order valence-corrected chi connectivity index (χ4v) is 4.81. The van der Waals surface area contributed by atoms with Crippen LogP contribution >= 0.6 is 11.3 Å². The quantitative estimate of drug-likeness (QED) is 0.668. The first-order chi connectivity index (χ1) is 14.3. The predicted molar refractivity (Wildman–Crippen MR) is 115 cm³/mol. The largest absolute Gasteiger partial charge is 0.381 e. The summed E-state index contributed by atoms with van der Waals surface area (Å²) in [6, 6.07) is 6.44. The van der Waals surface area contributed by atoms with Gasteiger partial charge in [-0.2, -0.15) is 0 Å². The molecule has 1 fully saturated rings. The summed E-state index contributed by atoms with van der Waals surface area (Å²) in [6.07, 6.45) is 4.96. The Kier molecular flexibility index (Phi) is 7.22. The minimum atomic E-state index is -3.31. The lowest BCUT2D eigenvalue weighted by Crippen LogP contribution is -2.26. The zero-order valence-corrected chi connectivity index (χ0v) is 18.5. The van der Waals surface area contributed by atoms with Gasteiger partial charge in [0.25, 0.3) is 5.91 Å². The Labute approximate surface area is 180 Å². The normalized spacial score (nSPS) is 16.1. The van der Waals surface area contributed by atoms with Gasteiger partial charge >= 0.3 is 0 Å². The number of anilines is 1. The lowest BCUT2D eigenvalue weighted by Gasteiger charge is -2.26. The molecule has 8 nitrogen and oxygen atoms in total. The monoisotopic (exact) mass is 451 g/mol. The van der Waals surface area contributed by atoms with Crippen molar-refractivity contribution in [1.82, 2.24) is 10.3 Å². The van der Waals surface area contributed by atoms with Gasteiger partial charge in [0.05, 0.1) is 17.0 Å². The number of aromatic nitrogens is 1. The van der Waals surface area contributed by atoms with Gasteiger partial charge in [-0.25, -0.2) is 13.4 Å². The van der Waals surface area contributed by atoms with Crippen LogP contribution in [0, 0.1) is 5.92 Å². The molecule has 1 atom stereocenters. The number of sulfone groups is 1. The zero-order chi connectivity index (χ0) is 21.7. The van der Waals surface area contributed by atoms with Crippen molar-refractivity contribution in [3.05, 3.63) is 40.9 Å². The number of benzene rings is 1. The van der Waals surface area contributed by atoms with Crippen LogP contribution in [0.2, 0.25) is 0 Å². The molecule has 0 saturated carbocycles. The number of carbonyl (C=O) groups excluding carboxylic acids is 2. The summed E-state index contributed by atoms with van der Waals surface area (Å²) < 4.78 is 28.9. The molecular weight excluding hydrogens is 426 g/mol. The highest BCUT2D eigenvalue weighted by Crippen LogP contribution is 2.31. The predicted octanol–water partition coefficient (Wildman–Crippen LogP) is 2.45. The van der Waals surface area contributed by atoms with E-state index in [9.17, 15) is 18.0 Å². The highest BCUT2D eigenvalue weighted by Gasteiger charge is 2.27. The number of nitrogens with one attached hydrogen (secondary N) is 2. The first kappa shape index (κ1) is 22.4. The molecule has 2 N–H and O–H groups in total. The number of amides is 2. The van der Waals surface area contributed by atoms with Crippen LogP contribution in [0.4, 0.5) is 5.13 Å². The molecule has 30 heavy (non-hydrogen) atoms. The highest BCUT2D eigenvalue weighted by atomic mass is 32.2. The summed E-state index contributed by atoms with van der Waals surface area (Å²) in [5.74, 6) is -0.620. The Balaban J connectivity index is 1.81. The molecule has 2 amide bonds. The molecule has 1 aliphatic heterocycles. The summed E-state index contributed by atoms with van der Waals surface area (Å²) in [4.78, 5) is 29.6. The van der Waals surface area contributed by atoms with Crippen LogP contribution in [0.5, 0.6) is 0 Å². The first-order valence-corrected chi connectivity index (χ1v) is 12.3. The molecule has 1 saturated heterocycles. The second-order valence-corrected chi connectivity index (χ2v) is 10.3. The van der Waals surface area contributed by atoms with Crippen LogP contribution in [0.25, 0.3) is 0 Å². The minimum absolute atomic E-state index is 0.214. The second-order valence-electron chi connectivity index (χ2n) is 7.28. The van der Waals surface area contributed by atoms with Gasteiger partial charge in [0.1, 0.15) is 4.88 Å². The maximum absolute atomic E-state index is 13.1. The van der Waals surface area contributed by atoms with Gasteiger partial charge < -0.3 is 15.4 Å². The lowest BCUT2D eigenvalue weighted by molar-refractivity contribution is -0.118. The molecular formula is C20H25N3O5S2.